The van der Waals surface area contributed by atoms with Crippen LogP contribution in [0.4, 0.5) is 0 Å². The highest BCUT2D eigenvalue weighted by Gasteiger charge is 2.15. The van der Waals surface area contributed by atoms with E-state index in [1.807, 2.05) is 0 Å². The molecule has 0 aliphatic carbocycles. The predicted molar refractivity (Wildman–Crippen MR) is 73.5 cm³/mol. The van der Waals surface area contributed by atoms with Gasteiger partial charge in [0, 0.05) is 33.1 Å². The highest BCUT2D eigenvalue weighted by atomic mass is 16.1. The molecule has 1 N–H and O–H groups in total. The summed E-state index contributed by atoms with van der Waals surface area (Å²) in [5.74, 6) is 0.0556. The van der Waals surface area contributed by atoms with Gasteiger partial charge < -0.3 is 5.32 Å². The lowest BCUT2D eigenvalue weighted by atomic mass is 9.96. The Labute approximate surface area is 109 Å². The fourth-order valence-electron chi connectivity index (χ4n) is 2.47. The summed E-state index contributed by atoms with van der Waals surface area (Å²) in [5.41, 5.74) is 4.38. The van der Waals surface area contributed by atoms with E-state index in [1.165, 1.54) is 16.7 Å². The van der Waals surface area contributed by atoms with Crippen LogP contribution in [0.2, 0.25) is 0 Å². The fraction of sp³-hybridized carbons (Fsp3) is 0.533. The summed E-state index contributed by atoms with van der Waals surface area (Å²) < 4.78 is 0. The number of rotatable bonds is 4. The Morgan fingerprint density at radius 2 is 2.22 bits per heavy atom. The van der Waals surface area contributed by atoms with Gasteiger partial charge in [0.2, 0.25) is 5.91 Å². The summed E-state index contributed by atoms with van der Waals surface area (Å²) in [7, 11) is 0. The van der Waals surface area contributed by atoms with E-state index >= 15 is 0 Å². The Bertz CT molecular complexity index is 429. The van der Waals surface area contributed by atoms with E-state index in [0.717, 1.165) is 39.0 Å². The topological polar surface area (TPSA) is 32.3 Å². The molecule has 1 aliphatic heterocycles. The summed E-state index contributed by atoms with van der Waals surface area (Å²) in [5, 5.41) is 2.85. The van der Waals surface area contributed by atoms with E-state index in [4.69, 9.17) is 0 Å². The molecule has 2 rings (SSSR count). The lowest BCUT2D eigenvalue weighted by Crippen LogP contribution is -2.37. The third kappa shape index (κ3) is 3.33. The quantitative estimate of drug-likeness (QED) is 0.877. The van der Waals surface area contributed by atoms with Gasteiger partial charge >= 0.3 is 0 Å². The van der Waals surface area contributed by atoms with Crippen molar-refractivity contribution in [3.8, 4) is 0 Å². The number of benzene rings is 1. The van der Waals surface area contributed by atoms with Crippen LogP contribution >= 0.6 is 0 Å². The second-order valence-electron chi connectivity index (χ2n) is 4.97. The first-order valence-electron chi connectivity index (χ1n) is 6.76. The molecule has 98 valence electrons. The van der Waals surface area contributed by atoms with Crippen LogP contribution in [0.25, 0.3) is 0 Å². The standard InChI is InChI=1S/C15H22N2O/c1-3-13-4-5-15-11-17(8-6-14(15)10-13)9-7-16-12(2)18/h4-5,10H,3,6-9,11H2,1-2H3,(H,16,18). The molecule has 0 unspecified atom stereocenters. The smallest absolute Gasteiger partial charge is 0.216 e. The SMILES string of the molecule is CCc1ccc2c(c1)CCN(CCNC(C)=O)C2. The zero-order valence-corrected chi connectivity index (χ0v) is 11.3. The zero-order chi connectivity index (χ0) is 13.0. The van der Waals surface area contributed by atoms with Gasteiger partial charge in [0.1, 0.15) is 0 Å². The van der Waals surface area contributed by atoms with Gasteiger partial charge in [-0.15, -0.1) is 0 Å². The minimum absolute atomic E-state index is 0.0556. The van der Waals surface area contributed by atoms with Crippen molar-refractivity contribution in [3.05, 3.63) is 34.9 Å². The van der Waals surface area contributed by atoms with Crippen LogP contribution in [0.3, 0.4) is 0 Å². The Morgan fingerprint density at radius 1 is 1.39 bits per heavy atom. The predicted octanol–water partition coefficient (Wildman–Crippen LogP) is 1.74. The van der Waals surface area contributed by atoms with Crippen LogP contribution in [-0.2, 0) is 24.2 Å². The van der Waals surface area contributed by atoms with Crippen LogP contribution in [0.5, 0.6) is 0 Å². The summed E-state index contributed by atoms with van der Waals surface area (Å²) in [6, 6.07) is 6.84. The van der Waals surface area contributed by atoms with E-state index in [-0.39, 0.29) is 5.91 Å². The number of carbonyl (C=O) groups is 1. The van der Waals surface area contributed by atoms with Crippen molar-refractivity contribution in [2.75, 3.05) is 19.6 Å². The molecule has 0 fully saturated rings. The summed E-state index contributed by atoms with van der Waals surface area (Å²) in [4.78, 5) is 13.2. The minimum atomic E-state index is 0.0556. The van der Waals surface area contributed by atoms with Gasteiger partial charge in [0.05, 0.1) is 0 Å². The number of aryl methyl sites for hydroxylation is 1. The van der Waals surface area contributed by atoms with Gasteiger partial charge in [-0.3, -0.25) is 9.69 Å². The third-order valence-electron chi connectivity index (χ3n) is 3.57. The minimum Gasteiger partial charge on any atom is -0.355 e. The van der Waals surface area contributed by atoms with Gasteiger partial charge in [0.25, 0.3) is 0 Å². The Kier molecular flexibility index (Phi) is 4.37. The van der Waals surface area contributed by atoms with E-state index in [0.29, 0.717) is 0 Å². The molecular weight excluding hydrogens is 224 g/mol. The Morgan fingerprint density at radius 3 is 2.94 bits per heavy atom. The molecule has 0 bridgehead atoms. The molecule has 0 saturated carbocycles. The van der Waals surface area contributed by atoms with Crippen LogP contribution in [0, 0.1) is 0 Å². The maximum atomic E-state index is 10.8. The molecule has 1 aromatic carbocycles. The van der Waals surface area contributed by atoms with Crippen molar-refractivity contribution in [1.82, 2.24) is 10.2 Å². The van der Waals surface area contributed by atoms with Gasteiger partial charge in [-0.05, 0) is 29.5 Å². The normalized spacial score (nSPS) is 15.2. The Hall–Kier alpha value is -1.35. The van der Waals surface area contributed by atoms with Gasteiger partial charge in [0.15, 0.2) is 0 Å². The maximum absolute atomic E-state index is 10.8. The van der Waals surface area contributed by atoms with Crippen molar-refractivity contribution in [1.29, 1.82) is 0 Å². The first kappa shape index (κ1) is 13.1. The lowest BCUT2D eigenvalue weighted by molar-refractivity contribution is -0.119. The van der Waals surface area contributed by atoms with E-state index in [2.05, 4.69) is 35.3 Å². The summed E-state index contributed by atoms with van der Waals surface area (Å²) >= 11 is 0. The van der Waals surface area contributed by atoms with Crippen LogP contribution < -0.4 is 5.32 Å². The molecular formula is C15H22N2O. The number of fused-ring (bicyclic) bond motifs is 1. The summed E-state index contributed by atoms with van der Waals surface area (Å²) in [6.45, 7) is 7.56. The first-order valence-corrected chi connectivity index (χ1v) is 6.76. The second kappa shape index (κ2) is 6.01. The van der Waals surface area contributed by atoms with Crippen molar-refractivity contribution in [2.45, 2.75) is 33.2 Å². The number of nitrogens with one attached hydrogen (secondary N) is 1. The van der Waals surface area contributed by atoms with E-state index in [9.17, 15) is 4.79 Å². The molecule has 0 saturated heterocycles. The molecule has 3 heteroatoms. The molecule has 0 radical (unpaired) electrons. The third-order valence-corrected chi connectivity index (χ3v) is 3.57. The molecule has 1 amide bonds. The first-order chi connectivity index (χ1) is 8.69. The average molecular weight is 246 g/mol. The number of carbonyl (C=O) groups excluding carboxylic acids is 1. The van der Waals surface area contributed by atoms with E-state index < -0.39 is 0 Å². The maximum Gasteiger partial charge on any atom is 0.216 e. The number of nitrogens with zero attached hydrogens (tertiary/aromatic N) is 1. The van der Waals surface area contributed by atoms with Crippen LogP contribution in [0.1, 0.15) is 30.5 Å². The monoisotopic (exact) mass is 246 g/mol. The van der Waals surface area contributed by atoms with Crippen LogP contribution in [0.15, 0.2) is 18.2 Å². The van der Waals surface area contributed by atoms with Crippen molar-refractivity contribution < 1.29 is 4.79 Å². The molecule has 3 nitrogen and oxygen atoms in total. The fourth-order valence-corrected chi connectivity index (χ4v) is 2.47. The second-order valence-corrected chi connectivity index (χ2v) is 4.97. The Balaban J connectivity index is 1.91. The summed E-state index contributed by atoms with van der Waals surface area (Å²) in [6.07, 6.45) is 2.24. The average Bonchev–Trinajstić information content (AvgIpc) is 2.37. The highest BCUT2D eigenvalue weighted by Crippen LogP contribution is 2.20. The molecule has 0 atom stereocenters. The van der Waals surface area contributed by atoms with E-state index in [1.54, 1.807) is 6.92 Å². The van der Waals surface area contributed by atoms with Crippen molar-refractivity contribution in [2.24, 2.45) is 0 Å². The van der Waals surface area contributed by atoms with Crippen molar-refractivity contribution in [3.63, 3.8) is 0 Å². The molecule has 1 aromatic rings. The van der Waals surface area contributed by atoms with Gasteiger partial charge in [-0.25, -0.2) is 0 Å². The number of hydrogen-bond acceptors (Lipinski definition) is 2. The molecule has 1 heterocycles. The zero-order valence-electron chi connectivity index (χ0n) is 11.3. The highest BCUT2D eigenvalue weighted by molar-refractivity contribution is 5.72. The molecule has 0 spiro atoms. The molecule has 1 aliphatic rings. The number of amides is 1. The lowest BCUT2D eigenvalue weighted by Gasteiger charge is -2.29. The van der Waals surface area contributed by atoms with Crippen LogP contribution in [-0.4, -0.2) is 30.4 Å². The van der Waals surface area contributed by atoms with Crippen molar-refractivity contribution >= 4 is 5.91 Å². The van der Waals surface area contributed by atoms with Gasteiger partial charge in [-0.2, -0.15) is 0 Å². The largest absolute Gasteiger partial charge is 0.355 e. The molecule has 0 aromatic heterocycles. The molecule has 18 heavy (non-hydrogen) atoms. The van der Waals surface area contributed by atoms with Gasteiger partial charge in [-0.1, -0.05) is 25.1 Å². The number of hydrogen-bond donors (Lipinski definition) is 1.